The van der Waals surface area contributed by atoms with E-state index in [0.29, 0.717) is 33.9 Å². The number of hydrogen-bond donors (Lipinski definition) is 0. The summed E-state index contributed by atoms with van der Waals surface area (Å²) in [6.45, 7) is 2.73. The quantitative estimate of drug-likeness (QED) is 0.521. The number of amides is 1. The maximum atomic E-state index is 13.9. The number of piperidine rings is 1. The number of benzene rings is 1. The van der Waals surface area contributed by atoms with Crippen molar-refractivity contribution in [3.63, 3.8) is 0 Å². The second-order valence-electron chi connectivity index (χ2n) is 9.23. The summed E-state index contributed by atoms with van der Waals surface area (Å²) in [6.07, 6.45) is 6.67. The molecular formula is C26H31N3O5S. The minimum atomic E-state index is -0.524. The zero-order valence-electron chi connectivity index (χ0n) is 20.5. The Bertz CT molecular complexity index is 1400. The van der Waals surface area contributed by atoms with Gasteiger partial charge in [-0.1, -0.05) is 6.92 Å². The highest BCUT2D eigenvalue weighted by atomic mass is 32.1. The van der Waals surface area contributed by atoms with Gasteiger partial charge in [0.15, 0.2) is 0 Å². The largest absolute Gasteiger partial charge is 0.497 e. The van der Waals surface area contributed by atoms with Gasteiger partial charge in [0.1, 0.15) is 22.9 Å². The standard InChI is InChI=1S/C26H31N3O5S/c1-4-16-8-5-6-13-27(16)22(30)15-28-25-23(18-9-7-10-21(18)35-25)24(31)29(26(28)32)19-12-11-17(33-2)14-20(19)34-3/h11-12,14,16H,4-10,13,15H2,1-3H3. The van der Waals surface area contributed by atoms with E-state index >= 15 is 0 Å². The first-order valence-corrected chi connectivity index (χ1v) is 13.1. The predicted molar refractivity (Wildman–Crippen MR) is 136 cm³/mol. The van der Waals surface area contributed by atoms with E-state index in [-0.39, 0.29) is 24.1 Å². The highest BCUT2D eigenvalue weighted by Gasteiger charge is 2.30. The number of methoxy groups -OCH3 is 2. The van der Waals surface area contributed by atoms with Gasteiger partial charge in [-0.3, -0.25) is 14.2 Å². The number of aromatic nitrogens is 2. The molecule has 1 aromatic carbocycles. The average molecular weight is 498 g/mol. The topological polar surface area (TPSA) is 82.8 Å². The number of nitrogens with zero attached hydrogens (tertiary/aromatic N) is 3. The molecule has 1 fully saturated rings. The summed E-state index contributed by atoms with van der Waals surface area (Å²) in [5.74, 6) is 0.845. The summed E-state index contributed by atoms with van der Waals surface area (Å²) in [5.41, 5.74) is 0.473. The zero-order chi connectivity index (χ0) is 24.7. The molecule has 8 nitrogen and oxygen atoms in total. The molecule has 0 N–H and O–H groups in total. The lowest BCUT2D eigenvalue weighted by Crippen LogP contribution is -2.47. The van der Waals surface area contributed by atoms with Crippen molar-refractivity contribution in [1.82, 2.24) is 14.0 Å². The lowest BCUT2D eigenvalue weighted by atomic mass is 10.00. The van der Waals surface area contributed by atoms with Crippen LogP contribution in [0.5, 0.6) is 11.5 Å². The lowest BCUT2D eigenvalue weighted by Gasteiger charge is -2.35. The molecule has 1 saturated heterocycles. The minimum Gasteiger partial charge on any atom is -0.497 e. The van der Waals surface area contributed by atoms with Crippen molar-refractivity contribution in [2.45, 2.75) is 64.5 Å². The maximum Gasteiger partial charge on any atom is 0.337 e. The van der Waals surface area contributed by atoms with E-state index in [1.807, 2.05) is 4.90 Å². The average Bonchev–Trinajstić information content (AvgIpc) is 3.48. The summed E-state index contributed by atoms with van der Waals surface area (Å²) in [7, 11) is 3.04. The number of hydrogen-bond acceptors (Lipinski definition) is 6. The molecule has 186 valence electrons. The molecule has 1 aliphatic carbocycles. The highest BCUT2D eigenvalue weighted by Crippen LogP contribution is 2.36. The number of carbonyl (C=O) groups is 1. The molecule has 9 heteroatoms. The van der Waals surface area contributed by atoms with Crippen LogP contribution in [0.25, 0.3) is 15.9 Å². The van der Waals surface area contributed by atoms with Crippen molar-refractivity contribution < 1.29 is 14.3 Å². The number of rotatable bonds is 6. The van der Waals surface area contributed by atoms with Gasteiger partial charge in [0, 0.05) is 23.5 Å². The Kier molecular flexibility index (Phi) is 6.44. The molecular weight excluding hydrogens is 466 g/mol. The van der Waals surface area contributed by atoms with E-state index in [0.717, 1.165) is 60.0 Å². The van der Waals surface area contributed by atoms with Crippen LogP contribution in [0.2, 0.25) is 0 Å². The van der Waals surface area contributed by atoms with Gasteiger partial charge < -0.3 is 14.4 Å². The fourth-order valence-electron chi connectivity index (χ4n) is 5.51. The van der Waals surface area contributed by atoms with Crippen LogP contribution < -0.4 is 20.7 Å². The molecule has 1 unspecified atom stereocenters. The second kappa shape index (κ2) is 9.53. The van der Waals surface area contributed by atoms with Gasteiger partial charge in [-0.15, -0.1) is 11.3 Å². The van der Waals surface area contributed by atoms with Crippen LogP contribution in [-0.4, -0.2) is 46.7 Å². The minimum absolute atomic E-state index is 0.0691. The van der Waals surface area contributed by atoms with Crippen molar-refractivity contribution in [3.8, 4) is 17.2 Å². The van der Waals surface area contributed by atoms with E-state index in [1.165, 1.54) is 23.0 Å². The van der Waals surface area contributed by atoms with Crippen LogP contribution in [0.1, 0.15) is 49.5 Å². The first-order valence-electron chi connectivity index (χ1n) is 12.3. The summed E-state index contributed by atoms with van der Waals surface area (Å²) >= 11 is 1.48. The van der Waals surface area contributed by atoms with E-state index in [1.54, 1.807) is 25.3 Å². The highest BCUT2D eigenvalue weighted by molar-refractivity contribution is 7.19. The Morgan fingerprint density at radius 3 is 2.69 bits per heavy atom. The first-order chi connectivity index (χ1) is 17.0. The Hall–Kier alpha value is -3.07. The third kappa shape index (κ3) is 3.95. The molecule has 3 heterocycles. The summed E-state index contributed by atoms with van der Waals surface area (Å²) < 4.78 is 13.5. The number of carbonyl (C=O) groups excluding carboxylic acids is 1. The maximum absolute atomic E-state index is 13.9. The smallest absolute Gasteiger partial charge is 0.337 e. The monoisotopic (exact) mass is 497 g/mol. The number of aryl methyl sites for hydroxylation is 2. The number of likely N-dealkylation sites (tertiary alicyclic amines) is 1. The van der Waals surface area contributed by atoms with Gasteiger partial charge in [0.2, 0.25) is 5.91 Å². The lowest BCUT2D eigenvalue weighted by molar-refractivity contribution is -0.135. The molecule has 2 aliphatic rings. The Morgan fingerprint density at radius 1 is 1.11 bits per heavy atom. The van der Waals surface area contributed by atoms with Crippen molar-refractivity contribution in [3.05, 3.63) is 49.5 Å². The molecule has 0 radical (unpaired) electrons. The first kappa shape index (κ1) is 23.7. The van der Waals surface area contributed by atoms with Crippen LogP contribution >= 0.6 is 11.3 Å². The third-order valence-electron chi connectivity index (χ3n) is 7.33. The second-order valence-corrected chi connectivity index (χ2v) is 10.3. The van der Waals surface area contributed by atoms with Crippen LogP contribution in [-0.2, 0) is 24.2 Å². The van der Waals surface area contributed by atoms with E-state index in [2.05, 4.69) is 6.92 Å². The van der Waals surface area contributed by atoms with Crippen molar-refractivity contribution in [2.75, 3.05) is 20.8 Å². The van der Waals surface area contributed by atoms with Gasteiger partial charge >= 0.3 is 5.69 Å². The molecule has 35 heavy (non-hydrogen) atoms. The molecule has 1 atom stereocenters. The molecule has 3 aromatic rings. The van der Waals surface area contributed by atoms with Crippen molar-refractivity contribution in [1.29, 1.82) is 0 Å². The number of thiophene rings is 1. The van der Waals surface area contributed by atoms with E-state index in [9.17, 15) is 14.4 Å². The molecule has 2 aromatic heterocycles. The molecule has 0 saturated carbocycles. The van der Waals surface area contributed by atoms with Crippen molar-refractivity contribution >= 4 is 27.5 Å². The third-order valence-corrected chi connectivity index (χ3v) is 8.64. The molecule has 1 aliphatic heterocycles. The summed E-state index contributed by atoms with van der Waals surface area (Å²) in [5, 5.41) is 0.554. The normalized spacial score (nSPS) is 17.6. The van der Waals surface area contributed by atoms with Gasteiger partial charge in [0.25, 0.3) is 5.56 Å². The Morgan fingerprint density at radius 2 is 1.94 bits per heavy atom. The zero-order valence-corrected chi connectivity index (χ0v) is 21.3. The van der Waals surface area contributed by atoms with Crippen LogP contribution in [0.3, 0.4) is 0 Å². The van der Waals surface area contributed by atoms with E-state index in [4.69, 9.17) is 9.47 Å². The summed E-state index contributed by atoms with van der Waals surface area (Å²) in [6, 6.07) is 5.20. The van der Waals surface area contributed by atoms with Gasteiger partial charge in [-0.2, -0.15) is 0 Å². The van der Waals surface area contributed by atoms with Crippen LogP contribution in [0, 0.1) is 0 Å². The van der Waals surface area contributed by atoms with Crippen molar-refractivity contribution in [2.24, 2.45) is 0 Å². The van der Waals surface area contributed by atoms with Gasteiger partial charge in [-0.25, -0.2) is 9.36 Å². The Balaban J connectivity index is 1.71. The summed E-state index contributed by atoms with van der Waals surface area (Å²) in [4.78, 5) is 44.9. The molecule has 5 rings (SSSR count). The van der Waals surface area contributed by atoms with Crippen LogP contribution in [0.15, 0.2) is 27.8 Å². The molecule has 0 spiro atoms. The van der Waals surface area contributed by atoms with E-state index < -0.39 is 5.69 Å². The predicted octanol–water partition coefficient (Wildman–Crippen LogP) is 3.51. The fourth-order valence-corrected chi connectivity index (χ4v) is 6.88. The SMILES string of the molecule is CCC1CCCCN1C(=O)Cn1c(=O)n(-c2ccc(OC)cc2OC)c(=O)c2c3c(sc21)CCC3. The number of ether oxygens (including phenoxy) is 2. The van der Waals surface area contributed by atoms with Gasteiger partial charge in [0.05, 0.1) is 25.3 Å². The van der Waals surface area contributed by atoms with Gasteiger partial charge in [-0.05, 0) is 62.6 Å². The van der Waals surface area contributed by atoms with Crippen LogP contribution in [0.4, 0.5) is 0 Å². The Labute approximate surface area is 207 Å². The molecule has 0 bridgehead atoms. The number of fused-ring (bicyclic) bond motifs is 3. The molecule has 1 amide bonds. The fraction of sp³-hybridized carbons (Fsp3) is 0.500.